The van der Waals surface area contributed by atoms with Crippen LogP contribution in [0.3, 0.4) is 0 Å². The third kappa shape index (κ3) is 4.51. The molecule has 5 heteroatoms. The lowest BCUT2D eigenvalue weighted by Gasteiger charge is -2.27. The fourth-order valence-corrected chi connectivity index (χ4v) is 1.44. The van der Waals surface area contributed by atoms with Gasteiger partial charge < -0.3 is 9.84 Å². The molecule has 0 aliphatic rings. The van der Waals surface area contributed by atoms with Crippen molar-refractivity contribution in [2.24, 2.45) is 0 Å². The molecule has 1 unspecified atom stereocenters. The SMILES string of the molecule is CCCCN(C(=O)OCC)C(CC)C(=O)O. The van der Waals surface area contributed by atoms with Crippen LogP contribution in [0.4, 0.5) is 4.79 Å². The van der Waals surface area contributed by atoms with Gasteiger partial charge in [-0.2, -0.15) is 0 Å². The fraction of sp³-hybridized carbons (Fsp3) is 0.818. The van der Waals surface area contributed by atoms with Crippen molar-refractivity contribution in [3.63, 3.8) is 0 Å². The second kappa shape index (κ2) is 7.96. The van der Waals surface area contributed by atoms with Crippen molar-refractivity contribution in [3.8, 4) is 0 Å². The molecule has 16 heavy (non-hydrogen) atoms. The van der Waals surface area contributed by atoms with E-state index in [1.807, 2.05) is 6.92 Å². The topological polar surface area (TPSA) is 66.8 Å². The van der Waals surface area contributed by atoms with Crippen LogP contribution < -0.4 is 0 Å². The molecule has 0 fully saturated rings. The maximum atomic E-state index is 11.6. The normalized spacial score (nSPS) is 11.9. The van der Waals surface area contributed by atoms with E-state index in [0.29, 0.717) is 13.0 Å². The Balaban J connectivity index is 4.61. The highest BCUT2D eigenvalue weighted by Crippen LogP contribution is 2.09. The Morgan fingerprint density at radius 1 is 1.31 bits per heavy atom. The van der Waals surface area contributed by atoms with E-state index >= 15 is 0 Å². The van der Waals surface area contributed by atoms with Crippen molar-refractivity contribution in [1.82, 2.24) is 4.90 Å². The van der Waals surface area contributed by atoms with Crippen molar-refractivity contribution in [3.05, 3.63) is 0 Å². The van der Waals surface area contributed by atoms with Crippen LogP contribution in [0.15, 0.2) is 0 Å². The van der Waals surface area contributed by atoms with Crippen molar-refractivity contribution in [1.29, 1.82) is 0 Å². The lowest BCUT2D eigenvalue weighted by molar-refractivity contribution is -0.142. The summed E-state index contributed by atoms with van der Waals surface area (Å²) >= 11 is 0. The van der Waals surface area contributed by atoms with E-state index in [1.54, 1.807) is 13.8 Å². The minimum atomic E-state index is -0.980. The molecule has 0 aromatic carbocycles. The van der Waals surface area contributed by atoms with Crippen molar-refractivity contribution < 1.29 is 19.4 Å². The van der Waals surface area contributed by atoms with Gasteiger partial charge in [-0.3, -0.25) is 4.90 Å². The molecule has 0 saturated heterocycles. The zero-order valence-electron chi connectivity index (χ0n) is 10.2. The molecule has 1 amide bonds. The Morgan fingerprint density at radius 3 is 2.31 bits per heavy atom. The van der Waals surface area contributed by atoms with E-state index in [2.05, 4.69) is 0 Å². The van der Waals surface area contributed by atoms with Gasteiger partial charge in [0.25, 0.3) is 0 Å². The first kappa shape index (κ1) is 14.7. The average Bonchev–Trinajstić information content (AvgIpc) is 2.23. The smallest absolute Gasteiger partial charge is 0.410 e. The number of unbranched alkanes of at least 4 members (excludes halogenated alkanes) is 1. The third-order valence-electron chi connectivity index (χ3n) is 2.30. The van der Waals surface area contributed by atoms with Crippen molar-refractivity contribution in [2.75, 3.05) is 13.2 Å². The maximum absolute atomic E-state index is 11.6. The lowest BCUT2D eigenvalue weighted by Crippen LogP contribution is -2.45. The Bertz CT molecular complexity index is 230. The number of carboxylic acids is 1. The van der Waals surface area contributed by atoms with Crippen LogP contribution in [0, 0.1) is 0 Å². The number of rotatable bonds is 7. The van der Waals surface area contributed by atoms with E-state index in [0.717, 1.165) is 12.8 Å². The largest absolute Gasteiger partial charge is 0.480 e. The standard InChI is InChI=1S/C11H21NO4/c1-4-7-8-12(11(15)16-6-3)9(5-2)10(13)14/h9H,4-8H2,1-3H3,(H,13,14). The lowest BCUT2D eigenvalue weighted by atomic mass is 10.2. The third-order valence-corrected chi connectivity index (χ3v) is 2.30. The molecular weight excluding hydrogens is 210 g/mol. The Labute approximate surface area is 96.4 Å². The van der Waals surface area contributed by atoms with Crippen LogP contribution >= 0.6 is 0 Å². The van der Waals surface area contributed by atoms with Crippen LogP contribution in [0.2, 0.25) is 0 Å². The molecule has 1 N–H and O–H groups in total. The van der Waals surface area contributed by atoms with Crippen molar-refractivity contribution in [2.45, 2.75) is 46.1 Å². The first-order valence-corrected chi connectivity index (χ1v) is 5.74. The number of carbonyl (C=O) groups excluding carboxylic acids is 1. The second-order valence-corrected chi connectivity index (χ2v) is 3.51. The number of carboxylic acid groups (broad SMARTS) is 1. The zero-order valence-corrected chi connectivity index (χ0v) is 10.2. The number of carbonyl (C=O) groups is 2. The van der Waals surface area contributed by atoms with E-state index in [4.69, 9.17) is 9.84 Å². The predicted octanol–water partition coefficient (Wildman–Crippen LogP) is 2.11. The van der Waals surface area contributed by atoms with Crippen LogP contribution in [0.1, 0.15) is 40.0 Å². The van der Waals surface area contributed by atoms with Gasteiger partial charge in [-0.25, -0.2) is 9.59 Å². The Kier molecular flexibility index (Phi) is 7.33. The second-order valence-electron chi connectivity index (χ2n) is 3.51. The molecule has 0 bridgehead atoms. The summed E-state index contributed by atoms with van der Waals surface area (Å²) in [7, 11) is 0. The highest BCUT2D eigenvalue weighted by molar-refractivity contribution is 5.79. The number of hydrogen-bond acceptors (Lipinski definition) is 3. The molecular formula is C11H21NO4. The predicted molar refractivity (Wildman–Crippen MR) is 60.4 cm³/mol. The van der Waals surface area contributed by atoms with Gasteiger partial charge in [0.2, 0.25) is 0 Å². The molecule has 0 radical (unpaired) electrons. The van der Waals surface area contributed by atoms with Gasteiger partial charge in [-0.05, 0) is 19.8 Å². The molecule has 0 saturated carbocycles. The van der Waals surface area contributed by atoms with Gasteiger partial charge in [-0.1, -0.05) is 20.3 Å². The molecule has 0 rings (SSSR count). The van der Waals surface area contributed by atoms with Gasteiger partial charge in [0.1, 0.15) is 6.04 Å². The van der Waals surface area contributed by atoms with Gasteiger partial charge in [0, 0.05) is 6.54 Å². The molecule has 0 aliphatic carbocycles. The van der Waals surface area contributed by atoms with Crippen molar-refractivity contribution >= 4 is 12.1 Å². The number of aliphatic carboxylic acids is 1. The highest BCUT2D eigenvalue weighted by Gasteiger charge is 2.28. The average molecular weight is 231 g/mol. The Hall–Kier alpha value is -1.26. The van der Waals surface area contributed by atoms with Gasteiger partial charge in [-0.15, -0.1) is 0 Å². The summed E-state index contributed by atoms with van der Waals surface area (Å²) in [5, 5.41) is 9.01. The molecule has 0 aromatic heterocycles. The van der Waals surface area contributed by atoms with Crippen LogP contribution in [0.5, 0.6) is 0 Å². The molecule has 5 nitrogen and oxygen atoms in total. The van der Waals surface area contributed by atoms with E-state index in [-0.39, 0.29) is 6.61 Å². The number of ether oxygens (including phenoxy) is 1. The monoisotopic (exact) mass is 231 g/mol. The van der Waals surface area contributed by atoms with E-state index in [1.165, 1.54) is 4.90 Å². The van der Waals surface area contributed by atoms with Crippen LogP contribution in [-0.2, 0) is 9.53 Å². The summed E-state index contributed by atoms with van der Waals surface area (Å²) in [6, 6.07) is -0.786. The van der Waals surface area contributed by atoms with Gasteiger partial charge >= 0.3 is 12.1 Å². The quantitative estimate of drug-likeness (QED) is 0.728. The fourth-order valence-electron chi connectivity index (χ4n) is 1.44. The highest BCUT2D eigenvalue weighted by atomic mass is 16.6. The zero-order chi connectivity index (χ0) is 12.6. The summed E-state index contributed by atoms with van der Waals surface area (Å²) in [5.41, 5.74) is 0. The van der Waals surface area contributed by atoms with E-state index in [9.17, 15) is 9.59 Å². The number of amides is 1. The molecule has 0 spiro atoms. The summed E-state index contributed by atoms with van der Waals surface area (Å²) in [4.78, 5) is 23.9. The van der Waals surface area contributed by atoms with Crippen LogP contribution in [0.25, 0.3) is 0 Å². The van der Waals surface area contributed by atoms with Gasteiger partial charge in [0.15, 0.2) is 0 Å². The molecule has 0 aliphatic heterocycles. The molecule has 0 heterocycles. The summed E-state index contributed by atoms with van der Waals surface area (Å²) in [6.45, 7) is 6.14. The Morgan fingerprint density at radius 2 is 1.94 bits per heavy atom. The first-order chi connectivity index (χ1) is 7.58. The molecule has 1 atom stereocenters. The van der Waals surface area contributed by atoms with Crippen LogP contribution in [-0.4, -0.2) is 41.3 Å². The maximum Gasteiger partial charge on any atom is 0.410 e. The van der Waals surface area contributed by atoms with E-state index < -0.39 is 18.1 Å². The molecule has 94 valence electrons. The number of nitrogens with zero attached hydrogens (tertiary/aromatic N) is 1. The number of hydrogen-bond donors (Lipinski definition) is 1. The first-order valence-electron chi connectivity index (χ1n) is 5.74. The summed E-state index contributed by atoms with van der Waals surface area (Å²) in [5.74, 6) is -0.980. The summed E-state index contributed by atoms with van der Waals surface area (Å²) in [6.07, 6.45) is 1.54. The summed E-state index contributed by atoms with van der Waals surface area (Å²) < 4.78 is 4.86. The molecule has 0 aromatic rings. The minimum Gasteiger partial charge on any atom is -0.480 e. The van der Waals surface area contributed by atoms with Gasteiger partial charge in [0.05, 0.1) is 6.61 Å². The minimum absolute atomic E-state index is 0.261.